The molecule has 0 unspecified atom stereocenters. The fourth-order valence-electron chi connectivity index (χ4n) is 8.38. The molecule has 1 aliphatic heterocycles. The number of hydrogen-bond donors (Lipinski definition) is 4. The fraction of sp³-hybridized carbons (Fsp3) is 0.673. The molecule has 1 aromatic rings. The number of hydrogen-bond acceptors (Lipinski definition) is 12. The third kappa shape index (κ3) is 21.9. The molecule has 1 aromatic carbocycles. The monoisotopic (exact) mass is 1040 g/mol. The van der Waals surface area contributed by atoms with Crippen molar-refractivity contribution in [1.29, 1.82) is 0 Å². The molecule has 410 valence electrons. The zero-order valence-corrected chi connectivity index (χ0v) is 47.2. The number of carbonyl (C=O) groups is 8. The summed E-state index contributed by atoms with van der Waals surface area (Å²) in [6.45, 7) is 21.3. The summed E-state index contributed by atoms with van der Waals surface area (Å²) >= 11 is 1.66. The second-order valence-corrected chi connectivity index (χ2v) is 21.9. The van der Waals surface area contributed by atoms with E-state index >= 15 is 0 Å². The molecule has 73 heavy (non-hydrogen) atoms. The van der Waals surface area contributed by atoms with Gasteiger partial charge in [0.25, 0.3) is 5.91 Å². The Morgan fingerprint density at radius 2 is 1.59 bits per heavy atom. The topological polar surface area (TPSA) is 219 Å². The maximum absolute atomic E-state index is 14.6. The van der Waals surface area contributed by atoms with Crippen molar-refractivity contribution >= 4 is 59.3 Å². The van der Waals surface area contributed by atoms with Crippen molar-refractivity contribution in [2.75, 3.05) is 39.2 Å². The highest BCUT2D eigenvalue weighted by molar-refractivity contribution is 7.98. The molecule has 9 atom stereocenters. The number of allylic oxidation sites excluding steroid dienone is 2. The van der Waals surface area contributed by atoms with Gasteiger partial charge in [-0.2, -0.15) is 11.8 Å². The van der Waals surface area contributed by atoms with Crippen LogP contribution in [0.15, 0.2) is 53.6 Å². The molecule has 0 aromatic heterocycles. The second kappa shape index (κ2) is 31.4. The summed E-state index contributed by atoms with van der Waals surface area (Å²) in [5.74, 6) is -4.57. The molecule has 2 rings (SSSR count). The van der Waals surface area contributed by atoms with E-state index in [1.54, 1.807) is 64.6 Å². The maximum atomic E-state index is 14.6. The van der Waals surface area contributed by atoms with E-state index in [9.17, 15) is 38.4 Å². The van der Waals surface area contributed by atoms with Crippen LogP contribution in [0.1, 0.15) is 134 Å². The van der Waals surface area contributed by atoms with Crippen LogP contribution in [0.3, 0.4) is 0 Å². The highest BCUT2D eigenvalue weighted by Gasteiger charge is 2.37. The standard InChI is InChI=1S/C55H88N6O11S/c1-16-35(5)46-49(64)58-42(25-21-22-29-56-54(69)72-55(10,11)12)53(68)71-47(36(6)17-2)38(8)41(28-30-73-15)27-26-37(7)52(67)70-44(31-34(3)4)48(63)57-39(9)50(65)61(14)43(32-40-23-19-18-20-24-40)51(66)60(13)33-45(62)59-46/h17-20,23-24,26,34-35,38-39,41-44,46-47H,16,21-22,25,27-33H2,1-15H3,(H,56,69)(H,57,63)(H,58,64)(H,59,62)/b36-17+,37-26+/t35-,38+,39+,41-,42-,43-,44-,46+,47-/m1/s1. The molecule has 0 saturated heterocycles. The molecule has 4 N–H and O–H groups in total. The molecule has 0 bridgehead atoms. The van der Waals surface area contributed by atoms with Crippen molar-refractivity contribution in [3.05, 3.63) is 59.2 Å². The van der Waals surface area contributed by atoms with Crippen LogP contribution in [-0.4, -0.2) is 139 Å². The van der Waals surface area contributed by atoms with Crippen LogP contribution < -0.4 is 21.3 Å². The third-order valence-corrected chi connectivity index (χ3v) is 13.8. The number of unbranched alkanes of at least 4 members (excludes halogenated alkanes) is 1. The summed E-state index contributed by atoms with van der Waals surface area (Å²) in [7, 11) is 2.88. The van der Waals surface area contributed by atoms with Crippen molar-refractivity contribution in [1.82, 2.24) is 31.1 Å². The predicted octanol–water partition coefficient (Wildman–Crippen LogP) is 6.92. The summed E-state index contributed by atoms with van der Waals surface area (Å²) in [6, 6.07) is 4.50. The lowest BCUT2D eigenvalue weighted by atomic mass is 9.81. The molecule has 0 saturated carbocycles. The Kier molecular flexibility index (Phi) is 27.4. The summed E-state index contributed by atoms with van der Waals surface area (Å²) in [4.78, 5) is 114. The van der Waals surface area contributed by atoms with Gasteiger partial charge in [-0.15, -0.1) is 0 Å². The van der Waals surface area contributed by atoms with Gasteiger partial charge in [0.2, 0.25) is 23.6 Å². The lowest BCUT2D eigenvalue weighted by molar-refractivity contribution is -0.155. The molecule has 1 heterocycles. The Balaban J connectivity index is 2.76. The first-order valence-corrected chi connectivity index (χ1v) is 27.3. The van der Waals surface area contributed by atoms with Gasteiger partial charge in [-0.1, -0.05) is 83.5 Å². The molecule has 18 heteroatoms. The van der Waals surface area contributed by atoms with E-state index in [2.05, 4.69) is 21.3 Å². The van der Waals surface area contributed by atoms with E-state index < -0.39 is 102 Å². The minimum Gasteiger partial charge on any atom is -0.456 e. The number of likely N-dealkylation sites (N-methyl/N-ethyl adjacent to an activating group) is 2. The largest absolute Gasteiger partial charge is 0.456 e. The molecule has 0 fully saturated rings. The lowest BCUT2D eigenvalue weighted by Crippen LogP contribution is -2.58. The van der Waals surface area contributed by atoms with Crippen molar-refractivity contribution in [2.45, 2.75) is 176 Å². The maximum Gasteiger partial charge on any atom is 0.407 e. The highest BCUT2D eigenvalue weighted by Crippen LogP contribution is 2.31. The number of cyclic esters (lactones) is 2. The first-order valence-electron chi connectivity index (χ1n) is 25.9. The summed E-state index contributed by atoms with van der Waals surface area (Å²) in [5.41, 5.74) is 1.11. The van der Waals surface area contributed by atoms with Gasteiger partial charge in [-0.25, -0.2) is 14.4 Å². The zero-order valence-electron chi connectivity index (χ0n) is 46.4. The molecular formula is C55H88N6O11S. The molecule has 6 amide bonds. The Bertz CT molecular complexity index is 2060. The van der Waals surface area contributed by atoms with Gasteiger partial charge in [0.15, 0.2) is 6.10 Å². The normalized spacial score (nSPS) is 25.7. The zero-order chi connectivity index (χ0) is 55.2. The molecule has 0 aliphatic carbocycles. The first kappa shape index (κ1) is 63.7. The van der Waals surface area contributed by atoms with Crippen LogP contribution in [-0.2, 0) is 54.2 Å². The SMILES string of the molecule is C/C=C(\C)[C@H]1OC(=O)[C@@H](CCCCNC(=O)OC(C)(C)C)NC(=O)[C@H]([C@H](C)CC)NC(=O)CN(C)C(=O)[C@@H](Cc2ccccc2)N(C)C(=O)[C@H](C)NC(=O)[C@@H](CC(C)C)OC(=O)/C(C)=C/C[C@H](CCSC)[C@@H]1C. The van der Waals surface area contributed by atoms with Gasteiger partial charge < -0.3 is 45.3 Å². The number of nitrogens with one attached hydrogen (secondary N) is 4. The summed E-state index contributed by atoms with van der Waals surface area (Å²) in [6.07, 6.45) is 5.92. The smallest absolute Gasteiger partial charge is 0.407 e. The summed E-state index contributed by atoms with van der Waals surface area (Å²) in [5, 5.41) is 11.2. The van der Waals surface area contributed by atoms with Gasteiger partial charge in [0, 0.05) is 38.6 Å². The predicted molar refractivity (Wildman–Crippen MR) is 286 cm³/mol. The Morgan fingerprint density at radius 1 is 0.932 bits per heavy atom. The number of ether oxygens (including phenoxy) is 3. The van der Waals surface area contributed by atoms with Crippen molar-refractivity contribution in [3.63, 3.8) is 0 Å². The van der Waals surface area contributed by atoms with Crippen molar-refractivity contribution < 1.29 is 52.6 Å². The molecule has 0 radical (unpaired) electrons. The van der Waals surface area contributed by atoms with Crippen LogP contribution in [0.25, 0.3) is 0 Å². The molecule has 17 nitrogen and oxygen atoms in total. The third-order valence-electron chi connectivity index (χ3n) is 13.2. The molecular weight excluding hydrogens is 953 g/mol. The van der Waals surface area contributed by atoms with E-state index in [0.29, 0.717) is 32.1 Å². The van der Waals surface area contributed by atoms with Gasteiger partial charge >= 0.3 is 18.0 Å². The van der Waals surface area contributed by atoms with Crippen LogP contribution >= 0.6 is 11.8 Å². The van der Waals surface area contributed by atoms with E-state index in [4.69, 9.17) is 14.2 Å². The summed E-state index contributed by atoms with van der Waals surface area (Å²) < 4.78 is 17.7. The Labute approximate surface area is 439 Å². The molecule has 0 spiro atoms. The van der Waals surface area contributed by atoms with E-state index in [1.807, 2.05) is 72.1 Å². The number of thioether (sulfide) groups is 1. The Morgan fingerprint density at radius 3 is 2.18 bits per heavy atom. The van der Waals surface area contributed by atoms with Crippen molar-refractivity contribution in [2.24, 2.45) is 23.7 Å². The number of carbonyl (C=O) groups excluding carboxylic acids is 8. The van der Waals surface area contributed by atoms with Gasteiger partial charge in [-0.05, 0) is 128 Å². The number of nitrogens with zero attached hydrogens (tertiary/aromatic N) is 2. The number of esters is 2. The van der Waals surface area contributed by atoms with Gasteiger partial charge in [0.1, 0.15) is 35.9 Å². The lowest BCUT2D eigenvalue weighted by Gasteiger charge is -2.34. The fourth-order valence-corrected chi connectivity index (χ4v) is 8.92. The van der Waals surface area contributed by atoms with Crippen LogP contribution in [0, 0.1) is 23.7 Å². The number of amides is 6. The van der Waals surface area contributed by atoms with Crippen LogP contribution in [0.2, 0.25) is 0 Å². The van der Waals surface area contributed by atoms with Crippen LogP contribution in [0.4, 0.5) is 4.79 Å². The average Bonchev–Trinajstić information content (AvgIpc) is 3.33. The number of benzene rings is 1. The molecule has 1 aliphatic rings. The quantitative estimate of drug-likeness (QED) is 0.0609. The van der Waals surface area contributed by atoms with E-state index in [0.717, 1.165) is 16.9 Å². The van der Waals surface area contributed by atoms with E-state index in [1.165, 1.54) is 30.8 Å². The van der Waals surface area contributed by atoms with Crippen LogP contribution in [0.5, 0.6) is 0 Å². The second-order valence-electron chi connectivity index (χ2n) is 20.9. The first-order chi connectivity index (χ1) is 34.2. The van der Waals surface area contributed by atoms with E-state index in [-0.39, 0.29) is 49.1 Å². The minimum absolute atomic E-state index is 0.0664. The Hall–Kier alpha value is -5.39. The highest BCUT2D eigenvalue weighted by atomic mass is 32.2. The number of rotatable bonds is 15. The van der Waals surface area contributed by atoms with Crippen molar-refractivity contribution in [3.8, 4) is 0 Å². The average molecular weight is 1040 g/mol. The minimum atomic E-state index is -1.23. The number of alkyl carbamates (subject to hydrolysis) is 1. The van der Waals surface area contributed by atoms with Gasteiger partial charge in [0.05, 0.1) is 6.54 Å². The van der Waals surface area contributed by atoms with Gasteiger partial charge in [-0.3, -0.25) is 24.0 Å².